The van der Waals surface area contributed by atoms with Gasteiger partial charge in [-0.3, -0.25) is 4.99 Å². The van der Waals surface area contributed by atoms with Crippen molar-refractivity contribution in [2.24, 2.45) is 16.6 Å². The molecule has 2 aliphatic heterocycles. The maximum atomic E-state index is 11.7. The summed E-state index contributed by atoms with van der Waals surface area (Å²) in [5.74, 6) is 1.47. The van der Waals surface area contributed by atoms with E-state index >= 15 is 0 Å². The second-order valence-electron chi connectivity index (χ2n) is 5.52. The molecule has 0 radical (unpaired) electrons. The van der Waals surface area contributed by atoms with Crippen LogP contribution in [0.5, 0.6) is 0 Å². The second-order valence-corrected chi connectivity index (χ2v) is 7.92. The highest BCUT2D eigenvalue weighted by Gasteiger charge is 2.31. The molecule has 0 amide bonds. The number of piperidine rings is 1. The highest BCUT2D eigenvalue weighted by Crippen LogP contribution is 2.20. The predicted molar refractivity (Wildman–Crippen MR) is 73.3 cm³/mol. The van der Waals surface area contributed by atoms with Gasteiger partial charge in [-0.1, -0.05) is 6.92 Å². The minimum atomic E-state index is -2.91. The van der Waals surface area contributed by atoms with E-state index in [1.807, 2.05) is 0 Å². The Bertz CT molecular complexity index is 419. The quantitative estimate of drug-likeness (QED) is 0.591. The fraction of sp³-hybridized carbons (Fsp3) is 0.917. The number of hydrogen-bond acceptors (Lipinski definition) is 3. The Morgan fingerprint density at radius 3 is 2.78 bits per heavy atom. The molecule has 0 aromatic heterocycles. The van der Waals surface area contributed by atoms with Gasteiger partial charge in [0.1, 0.15) is 0 Å². The van der Waals surface area contributed by atoms with Gasteiger partial charge in [-0.2, -0.15) is 0 Å². The molecule has 2 aliphatic rings. The summed E-state index contributed by atoms with van der Waals surface area (Å²) in [6.45, 7) is 4.42. The molecule has 18 heavy (non-hydrogen) atoms. The van der Waals surface area contributed by atoms with Gasteiger partial charge in [0.25, 0.3) is 0 Å². The lowest BCUT2D eigenvalue weighted by molar-refractivity contribution is 0.270. The van der Waals surface area contributed by atoms with Gasteiger partial charge in [0.05, 0.1) is 17.5 Å². The molecular formula is C12H23N3O2S. The molecule has 2 rings (SSSR count). The van der Waals surface area contributed by atoms with E-state index in [2.05, 4.69) is 16.8 Å². The molecule has 2 fully saturated rings. The number of nitrogens with zero attached hydrogens (tertiary/aromatic N) is 2. The van der Waals surface area contributed by atoms with E-state index in [0.717, 1.165) is 32.4 Å². The van der Waals surface area contributed by atoms with E-state index in [1.165, 1.54) is 6.42 Å². The third kappa shape index (κ3) is 3.16. The van der Waals surface area contributed by atoms with Crippen molar-refractivity contribution in [1.82, 2.24) is 4.90 Å². The first kappa shape index (κ1) is 13.6. The van der Waals surface area contributed by atoms with E-state index < -0.39 is 9.84 Å². The first-order valence-corrected chi connectivity index (χ1v) is 8.47. The number of likely N-dealkylation sites (tertiary alicyclic amines) is 1. The van der Waals surface area contributed by atoms with Crippen LogP contribution in [0.1, 0.15) is 32.6 Å². The average molecular weight is 273 g/mol. The van der Waals surface area contributed by atoms with Crippen LogP contribution in [0, 0.1) is 5.92 Å². The number of rotatable bonds is 2. The number of nitrogens with two attached hydrogens (primary N) is 1. The van der Waals surface area contributed by atoms with Crippen molar-refractivity contribution in [1.29, 1.82) is 0 Å². The Kier molecular flexibility index (Phi) is 4.14. The van der Waals surface area contributed by atoms with Crippen LogP contribution in [0.3, 0.4) is 0 Å². The van der Waals surface area contributed by atoms with Crippen molar-refractivity contribution in [3.05, 3.63) is 0 Å². The Balaban J connectivity index is 1.92. The van der Waals surface area contributed by atoms with Crippen LogP contribution < -0.4 is 5.73 Å². The van der Waals surface area contributed by atoms with Crippen LogP contribution in [-0.4, -0.2) is 49.9 Å². The van der Waals surface area contributed by atoms with Crippen LogP contribution in [0.25, 0.3) is 0 Å². The van der Waals surface area contributed by atoms with Crippen LogP contribution >= 0.6 is 0 Å². The fourth-order valence-corrected chi connectivity index (χ4v) is 4.49. The summed E-state index contributed by atoms with van der Waals surface area (Å²) >= 11 is 0. The Morgan fingerprint density at radius 2 is 2.17 bits per heavy atom. The van der Waals surface area contributed by atoms with E-state index in [1.54, 1.807) is 0 Å². The summed E-state index contributed by atoms with van der Waals surface area (Å²) in [4.78, 5) is 6.38. The Morgan fingerprint density at radius 1 is 1.39 bits per heavy atom. The third-order valence-electron chi connectivity index (χ3n) is 3.90. The summed E-state index contributed by atoms with van der Waals surface area (Å²) in [6, 6.07) is 0. The summed E-state index contributed by atoms with van der Waals surface area (Å²) < 4.78 is 23.4. The number of sulfone groups is 1. The normalized spacial score (nSPS) is 32.7. The molecule has 0 aromatic carbocycles. The van der Waals surface area contributed by atoms with Crippen LogP contribution in [-0.2, 0) is 9.84 Å². The van der Waals surface area contributed by atoms with Crippen molar-refractivity contribution in [3.8, 4) is 0 Å². The minimum absolute atomic E-state index is 0.307. The van der Waals surface area contributed by atoms with Crippen LogP contribution in [0.4, 0.5) is 0 Å². The van der Waals surface area contributed by atoms with Crippen molar-refractivity contribution >= 4 is 15.8 Å². The molecule has 2 saturated heterocycles. The van der Waals surface area contributed by atoms with Gasteiger partial charge in [-0.25, -0.2) is 8.42 Å². The van der Waals surface area contributed by atoms with Gasteiger partial charge in [-0.15, -0.1) is 0 Å². The molecule has 0 spiro atoms. The third-order valence-corrected chi connectivity index (χ3v) is 6.16. The zero-order chi connectivity index (χ0) is 13.2. The monoisotopic (exact) mass is 273 g/mol. The standard InChI is InChI=1S/C12H23N3O2S/c1-10-4-2-6-15(9-10)12(13)14-8-11-5-3-7-18(11,16)17/h10-11H,2-9H2,1H3,(H2,13,14). The number of aliphatic imine (C=N–C) groups is 1. The summed E-state index contributed by atoms with van der Waals surface area (Å²) in [7, 11) is -2.91. The van der Waals surface area contributed by atoms with Gasteiger partial charge in [0.15, 0.2) is 15.8 Å². The molecule has 104 valence electrons. The van der Waals surface area contributed by atoms with Gasteiger partial charge in [-0.05, 0) is 31.6 Å². The van der Waals surface area contributed by atoms with Crippen molar-refractivity contribution in [3.63, 3.8) is 0 Å². The molecule has 0 aromatic rings. The number of hydrogen-bond donors (Lipinski definition) is 1. The molecule has 0 aliphatic carbocycles. The van der Waals surface area contributed by atoms with E-state index in [9.17, 15) is 8.42 Å². The Hall–Kier alpha value is -0.780. The van der Waals surface area contributed by atoms with Crippen molar-refractivity contribution < 1.29 is 8.42 Å². The minimum Gasteiger partial charge on any atom is -0.370 e. The first-order valence-electron chi connectivity index (χ1n) is 6.75. The SMILES string of the molecule is CC1CCCN(C(N)=NCC2CCCS2(=O)=O)C1. The summed E-state index contributed by atoms with van der Waals surface area (Å²) in [5.41, 5.74) is 5.96. The van der Waals surface area contributed by atoms with E-state index in [-0.39, 0.29) is 5.25 Å². The lowest BCUT2D eigenvalue weighted by Gasteiger charge is -2.31. The molecule has 2 heterocycles. The molecule has 0 bridgehead atoms. The smallest absolute Gasteiger partial charge is 0.191 e. The fourth-order valence-electron chi connectivity index (χ4n) is 2.76. The van der Waals surface area contributed by atoms with Gasteiger partial charge in [0, 0.05) is 13.1 Å². The zero-order valence-electron chi connectivity index (χ0n) is 11.0. The molecule has 0 saturated carbocycles. The lowest BCUT2D eigenvalue weighted by atomic mass is 10.0. The molecule has 5 nitrogen and oxygen atoms in total. The lowest BCUT2D eigenvalue weighted by Crippen LogP contribution is -2.44. The van der Waals surface area contributed by atoms with E-state index in [0.29, 0.717) is 24.2 Å². The molecule has 2 unspecified atom stereocenters. The zero-order valence-corrected chi connectivity index (χ0v) is 11.8. The highest BCUT2D eigenvalue weighted by atomic mass is 32.2. The predicted octanol–water partition coefficient (Wildman–Crippen LogP) is 0.610. The van der Waals surface area contributed by atoms with Crippen LogP contribution in [0.2, 0.25) is 0 Å². The van der Waals surface area contributed by atoms with Crippen molar-refractivity contribution in [2.45, 2.75) is 37.9 Å². The highest BCUT2D eigenvalue weighted by molar-refractivity contribution is 7.92. The summed E-state index contributed by atoms with van der Waals surface area (Å²) in [5, 5.41) is -0.307. The topological polar surface area (TPSA) is 75.8 Å². The second kappa shape index (κ2) is 5.47. The van der Waals surface area contributed by atoms with Gasteiger partial charge in [0.2, 0.25) is 0 Å². The average Bonchev–Trinajstić information content (AvgIpc) is 2.65. The number of guanidine groups is 1. The maximum Gasteiger partial charge on any atom is 0.191 e. The van der Waals surface area contributed by atoms with E-state index in [4.69, 9.17) is 5.73 Å². The molecule has 6 heteroatoms. The van der Waals surface area contributed by atoms with Crippen LogP contribution in [0.15, 0.2) is 4.99 Å². The largest absolute Gasteiger partial charge is 0.370 e. The Labute approximate surface area is 109 Å². The first-order chi connectivity index (χ1) is 8.49. The molecule has 2 N–H and O–H groups in total. The van der Waals surface area contributed by atoms with Crippen molar-refractivity contribution in [2.75, 3.05) is 25.4 Å². The maximum absolute atomic E-state index is 11.7. The van der Waals surface area contributed by atoms with Gasteiger partial charge < -0.3 is 10.6 Å². The molecule has 2 atom stereocenters. The summed E-state index contributed by atoms with van der Waals surface area (Å²) in [6.07, 6.45) is 3.87. The van der Waals surface area contributed by atoms with Gasteiger partial charge >= 0.3 is 0 Å². The molecular weight excluding hydrogens is 250 g/mol.